The van der Waals surface area contributed by atoms with E-state index in [1.54, 1.807) is 38.2 Å². The van der Waals surface area contributed by atoms with Gasteiger partial charge in [-0.1, -0.05) is 6.08 Å². The Hall–Kier alpha value is -4.73. The molecule has 2 aromatic rings. The molecule has 0 heterocycles. The Labute approximate surface area is 207 Å². The third kappa shape index (κ3) is 5.84. The van der Waals surface area contributed by atoms with Gasteiger partial charge in [-0.3, -0.25) is 9.59 Å². The standard InChI is InChI=1S/C26H27N3O7/c1-4-36-23-20(29-24(31)15-5-9-17(27-2)10-6-15)13-11-18(22(23)30)25(32)28-19-12-7-16(26(33)34)8-14-21(19)35-3/h5-13,27,30H,4,14H2,1-3H3,(H,28,32)(H,29,31)(H,33,34). The lowest BCUT2D eigenvalue weighted by molar-refractivity contribution is -0.132. The minimum atomic E-state index is -1.11. The quantitative estimate of drug-likeness (QED) is 0.356. The second-order valence-corrected chi connectivity index (χ2v) is 7.55. The number of phenolic OH excluding ortho intramolecular Hbond substituents is 1. The molecule has 0 saturated carbocycles. The smallest absolute Gasteiger partial charge is 0.335 e. The summed E-state index contributed by atoms with van der Waals surface area (Å²) in [6.07, 6.45) is 4.37. The molecule has 0 radical (unpaired) electrons. The highest BCUT2D eigenvalue weighted by atomic mass is 16.5. The van der Waals surface area contributed by atoms with E-state index in [0.717, 1.165) is 5.69 Å². The Balaban J connectivity index is 1.86. The zero-order valence-corrected chi connectivity index (χ0v) is 20.0. The molecule has 0 saturated heterocycles. The normalized spacial score (nSPS) is 12.8. The van der Waals surface area contributed by atoms with Gasteiger partial charge in [-0.2, -0.15) is 0 Å². The van der Waals surface area contributed by atoms with Gasteiger partial charge in [-0.25, -0.2) is 4.79 Å². The highest BCUT2D eigenvalue weighted by Crippen LogP contribution is 2.38. The maximum absolute atomic E-state index is 13.0. The third-order valence-corrected chi connectivity index (χ3v) is 5.33. The van der Waals surface area contributed by atoms with E-state index in [4.69, 9.17) is 9.47 Å². The first kappa shape index (κ1) is 25.9. The molecule has 10 heteroatoms. The van der Waals surface area contributed by atoms with Crippen LogP contribution in [0, 0.1) is 0 Å². The van der Waals surface area contributed by atoms with Gasteiger partial charge in [-0.15, -0.1) is 0 Å². The first-order chi connectivity index (χ1) is 17.3. The lowest BCUT2D eigenvalue weighted by Gasteiger charge is -2.16. The molecule has 188 valence electrons. The summed E-state index contributed by atoms with van der Waals surface area (Å²) < 4.78 is 10.8. The predicted octanol–water partition coefficient (Wildman–Crippen LogP) is 3.64. The summed E-state index contributed by atoms with van der Waals surface area (Å²) in [5.41, 5.74) is 1.62. The summed E-state index contributed by atoms with van der Waals surface area (Å²) in [7, 11) is 3.18. The van der Waals surface area contributed by atoms with Crippen molar-refractivity contribution in [2.45, 2.75) is 13.3 Å². The first-order valence-electron chi connectivity index (χ1n) is 11.1. The number of carboxylic acids is 1. The highest BCUT2D eigenvalue weighted by molar-refractivity contribution is 6.07. The molecule has 0 aliphatic heterocycles. The fourth-order valence-electron chi connectivity index (χ4n) is 3.43. The maximum Gasteiger partial charge on any atom is 0.335 e. The number of aliphatic carboxylic acids is 1. The summed E-state index contributed by atoms with van der Waals surface area (Å²) in [5, 5.41) is 28.4. The molecule has 0 bridgehead atoms. The summed E-state index contributed by atoms with van der Waals surface area (Å²) in [4.78, 5) is 37.0. The van der Waals surface area contributed by atoms with Gasteiger partial charge < -0.3 is 35.6 Å². The van der Waals surface area contributed by atoms with Crippen molar-refractivity contribution in [2.75, 3.05) is 31.4 Å². The van der Waals surface area contributed by atoms with Crippen LogP contribution in [-0.4, -0.2) is 48.8 Å². The van der Waals surface area contributed by atoms with Crippen molar-refractivity contribution in [3.05, 3.63) is 82.8 Å². The molecule has 2 aromatic carbocycles. The Kier molecular flexibility index (Phi) is 8.35. The number of ether oxygens (including phenoxy) is 2. The van der Waals surface area contributed by atoms with Crippen molar-refractivity contribution in [3.8, 4) is 11.5 Å². The summed E-state index contributed by atoms with van der Waals surface area (Å²) in [6.45, 7) is 1.87. The van der Waals surface area contributed by atoms with Crippen LogP contribution in [0.4, 0.5) is 11.4 Å². The van der Waals surface area contributed by atoms with E-state index < -0.39 is 23.5 Å². The average molecular weight is 494 g/mol. The number of amides is 2. The first-order valence-corrected chi connectivity index (χ1v) is 11.1. The Morgan fingerprint density at radius 3 is 2.33 bits per heavy atom. The molecule has 10 nitrogen and oxygen atoms in total. The molecule has 36 heavy (non-hydrogen) atoms. The number of rotatable bonds is 9. The molecule has 0 spiro atoms. The summed E-state index contributed by atoms with van der Waals surface area (Å²) >= 11 is 0. The fraction of sp³-hybridized carbons (Fsp3) is 0.192. The predicted molar refractivity (Wildman–Crippen MR) is 134 cm³/mol. The fourth-order valence-corrected chi connectivity index (χ4v) is 3.43. The lowest BCUT2D eigenvalue weighted by atomic mass is 10.1. The number of carbonyl (C=O) groups excluding carboxylic acids is 2. The minimum absolute atomic E-state index is 0.0518. The van der Waals surface area contributed by atoms with Crippen molar-refractivity contribution in [1.29, 1.82) is 0 Å². The van der Waals surface area contributed by atoms with Gasteiger partial charge in [0, 0.05) is 24.7 Å². The van der Waals surface area contributed by atoms with Crippen molar-refractivity contribution in [3.63, 3.8) is 0 Å². The van der Waals surface area contributed by atoms with E-state index in [0.29, 0.717) is 11.3 Å². The van der Waals surface area contributed by atoms with Crippen molar-refractivity contribution in [1.82, 2.24) is 5.32 Å². The molecular weight excluding hydrogens is 466 g/mol. The van der Waals surface area contributed by atoms with Gasteiger partial charge in [0.1, 0.15) is 5.76 Å². The Morgan fingerprint density at radius 2 is 1.72 bits per heavy atom. The van der Waals surface area contributed by atoms with Gasteiger partial charge in [0.15, 0.2) is 11.5 Å². The number of allylic oxidation sites excluding steroid dienone is 2. The number of methoxy groups -OCH3 is 1. The monoisotopic (exact) mass is 493 g/mol. The molecule has 0 fully saturated rings. The SMILES string of the molecule is CCOc1c(NC(=O)c2ccc(NC)cc2)ccc(C(=O)NC2=C(OC)CC=C(C(=O)O)C=C2)c1O. The van der Waals surface area contributed by atoms with Crippen LogP contribution in [-0.2, 0) is 9.53 Å². The van der Waals surface area contributed by atoms with E-state index in [1.807, 2.05) is 0 Å². The lowest BCUT2D eigenvalue weighted by Crippen LogP contribution is -2.24. The number of phenols is 1. The molecule has 1 aliphatic rings. The topological polar surface area (TPSA) is 146 Å². The molecule has 3 rings (SSSR count). The summed E-state index contributed by atoms with van der Waals surface area (Å²) in [6, 6.07) is 9.61. The van der Waals surface area contributed by atoms with Crippen molar-refractivity contribution >= 4 is 29.2 Å². The molecule has 0 aromatic heterocycles. The number of aromatic hydroxyl groups is 1. The van der Waals surface area contributed by atoms with Crippen molar-refractivity contribution < 1.29 is 34.1 Å². The van der Waals surface area contributed by atoms with Crippen LogP contribution in [0.1, 0.15) is 34.1 Å². The van der Waals surface area contributed by atoms with E-state index in [-0.39, 0.29) is 41.3 Å². The van der Waals surface area contributed by atoms with E-state index in [1.165, 1.54) is 37.5 Å². The number of benzene rings is 2. The van der Waals surface area contributed by atoms with Gasteiger partial charge in [-0.05, 0) is 55.5 Å². The zero-order valence-electron chi connectivity index (χ0n) is 20.0. The number of carboxylic acid groups (broad SMARTS) is 1. The third-order valence-electron chi connectivity index (χ3n) is 5.33. The number of hydrogen-bond donors (Lipinski definition) is 5. The number of anilines is 2. The van der Waals surface area contributed by atoms with Gasteiger partial charge in [0.2, 0.25) is 0 Å². The molecule has 0 atom stereocenters. The van der Waals surface area contributed by atoms with Crippen molar-refractivity contribution in [2.24, 2.45) is 0 Å². The van der Waals surface area contributed by atoms with E-state index in [9.17, 15) is 24.6 Å². The Bertz CT molecular complexity index is 1260. The van der Waals surface area contributed by atoms with Gasteiger partial charge in [0.05, 0.1) is 36.2 Å². The second kappa shape index (κ2) is 11.6. The van der Waals surface area contributed by atoms with Crippen LogP contribution in [0.2, 0.25) is 0 Å². The Morgan fingerprint density at radius 1 is 1.00 bits per heavy atom. The highest BCUT2D eigenvalue weighted by Gasteiger charge is 2.22. The maximum atomic E-state index is 13.0. The van der Waals surface area contributed by atoms with Crippen LogP contribution < -0.4 is 20.7 Å². The van der Waals surface area contributed by atoms with Crippen LogP contribution in [0.3, 0.4) is 0 Å². The second-order valence-electron chi connectivity index (χ2n) is 7.55. The molecule has 2 amide bonds. The van der Waals surface area contributed by atoms with Gasteiger partial charge >= 0.3 is 5.97 Å². The molecule has 5 N–H and O–H groups in total. The summed E-state index contributed by atoms with van der Waals surface area (Å²) in [5.74, 6) is -2.38. The van der Waals surface area contributed by atoms with E-state index >= 15 is 0 Å². The van der Waals surface area contributed by atoms with Crippen LogP contribution >= 0.6 is 0 Å². The van der Waals surface area contributed by atoms with Crippen LogP contribution in [0.25, 0.3) is 0 Å². The number of hydrogen-bond acceptors (Lipinski definition) is 7. The van der Waals surface area contributed by atoms with E-state index in [2.05, 4.69) is 16.0 Å². The van der Waals surface area contributed by atoms with Crippen LogP contribution in [0.15, 0.2) is 71.7 Å². The number of nitrogens with one attached hydrogen (secondary N) is 3. The molecule has 0 unspecified atom stereocenters. The molecular formula is C26H27N3O7. The zero-order chi connectivity index (χ0) is 26.2. The number of carbonyl (C=O) groups is 3. The molecule has 1 aliphatic carbocycles. The van der Waals surface area contributed by atoms with Gasteiger partial charge in [0.25, 0.3) is 11.8 Å². The minimum Gasteiger partial charge on any atom is -0.504 e. The van der Waals surface area contributed by atoms with Crippen LogP contribution in [0.5, 0.6) is 11.5 Å². The largest absolute Gasteiger partial charge is 0.504 e. The average Bonchev–Trinajstić information content (AvgIpc) is 3.08.